The first kappa shape index (κ1) is 19.9. The molecule has 6 nitrogen and oxygen atoms in total. The summed E-state index contributed by atoms with van der Waals surface area (Å²) in [6.45, 7) is 2.27. The predicted molar refractivity (Wildman–Crippen MR) is 108 cm³/mol. The van der Waals surface area contributed by atoms with Crippen LogP contribution in [0, 0.1) is 23.7 Å². The highest BCUT2D eigenvalue weighted by molar-refractivity contribution is 6.28. The molecule has 4 bridgehead atoms. The van der Waals surface area contributed by atoms with Crippen LogP contribution in [0.15, 0.2) is 10.1 Å². The van der Waals surface area contributed by atoms with Gasteiger partial charge in [0, 0.05) is 23.6 Å². The summed E-state index contributed by atoms with van der Waals surface area (Å²) in [7, 11) is 0. The van der Waals surface area contributed by atoms with Gasteiger partial charge in [0.1, 0.15) is 0 Å². The molecule has 0 saturated heterocycles. The minimum absolute atomic E-state index is 0.0698. The van der Waals surface area contributed by atoms with Gasteiger partial charge in [-0.2, -0.15) is 0 Å². The van der Waals surface area contributed by atoms with Crippen molar-refractivity contribution in [2.75, 3.05) is 0 Å². The van der Waals surface area contributed by atoms with Crippen LogP contribution in [0.4, 0.5) is 0 Å². The van der Waals surface area contributed by atoms with Crippen molar-refractivity contribution in [1.29, 1.82) is 0 Å². The van der Waals surface area contributed by atoms with Crippen LogP contribution >= 0.6 is 23.6 Å². The van der Waals surface area contributed by atoms with E-state index in [1.807, 2.05) is 0 Å². The molecule has 0 aromatic carbocycles. The minimum atomic E-state index is -0.128. The number of hydrogen-bond acceptors (Lipinski definition) is 2. The molecule has 0 aromatic heterocycles. The molecule has 0 spiro atoms. The third kappa shape index (κ3) is 4.33. The van der Waals surface area contributed by atoms with Crippen LogP contribution in [0.3, 0.4) is 0 Å². The van der Waals surface area contributed by atoms with E-state index < -0.39 is 0 Å². The number of nitrogens with one attached hydrogen (secondary N) is 1. The second-order valence-electron chi connectivity index (χ2n) is 8.52. The standard InChI is InChI=1S/C18H32Cl2N6/c1-2-3-4-5-6-15-13-7-12-8-14(15)11-18(9-12,10-13)23-17(24-19)26(20)25-16(21)22/h12-15H,2-11H2,1H3,(H,23,24)(H4,21,22,25). The van der Waals surface area contributed by atoms with Gasteiger partial charge in [-0.05, 0) is 62.2 Å². The number of aliphatic imine (C=N–C) groups is 1. The maximum atomic E-state index is 6.12. The highest BCUT2D eigenvalue weighted by atomic mass is 35.5. The lowest BCUT2D eigenvalue weighted by atomic mass is 9.48. The number of hydrazone groups is 1. The van der Waals surface area contributed by atoms with E-state index in [9.17, 15) is 0 Å². The Bertz CT molecular complexity index is 532. The molecule has 0 aromatic rings. The summed E-state index contributed by atoms with van der Waals surface area (Å²) in [6, 6.07) is 0. The predicted octanol–water partition coefficient (Wildman–Crippen LogP) is 3.90. The first-order valence-corrected chi connectivity index (χ1v) is 10.7. The third-order valence-electron chi connectivity index (χ3n) is 6.63. The zero-order chi connectivity index (χ0) is 18.7. The third-order valence-corrected chi connectivity index (χ3v) is 7.04. The van der Waals surface area contributed by atoms with Gasteiger partial charge in [0.15, 0.2) is 0 Å². The van der Waals surface area contributed by atoms with Gasteiger partial charge >= 0.3 is 0 Å². The van der Waals surface area contributed by atoms with Crippen molar-refractivity contribution in [1.82, 2.24) is 9.36 Å². The Morgan fingerprint density at radius 3 is 2.42 bits per heavy atom. The fourth-order valence-electron chi connectivity index (χ4n) is 5.97. The van der Waals surface area contributed by atoms with Crippen LogP contribution in [0.25, 0.3) is 0 Å². The topological polar surface area (TPSA) is 92.0 Å². The molecule has 4 aliphatic carbocycles. The van der Waals surface area contributed by atoms with E-state index in [0.29, 0.717) is 5.96 Å². The Morgan fingerprint density at radius 2 is 1.85 bits per heavy atom. The van der Waals surface area contributed by atoms with Gasteiger partial charge in [0.05, 0.1) is 5.54 Å². The van der Waals surface area contributed by atoms with Crippen molar-refractivity contribution in [2.24, 2.45) is 45.2 Å². The Hall–Kier alpha value is -0.880. The molecule has 4 fully saturated rings. The Balaban J connectivity index is 1.71. The average Bonchev–Trinajstić information content (AvgIpc) is 2.57. The van der Waals surface area contributed by atoms with Crippen LogP contribution in [0.1, 0.15) is 71.1 Å². The molecule has 4 aliphatic rings. The molecule has 2 atom stereocenters. The van der Waals surface area contributed by atoms with Crippen molar-refractivity contribution in [2.45, 2.75) is 76.7 Å². The number of nitrogens with two attached hydrogens (primary N) is 2. The number of unbranched alkanes of at least 4 members (excludes halogenated alkanes) is 3. The van der Waals surface area contributed by atoms with Crippen molar-refractivity contribution in [3.63, 3.8) is 0 Å². The molecule has 0 aliphatic heterocycles. The highest BCUT2D eigenvalue weighted by Gasteiger charge is 2.55. The van der Waals surface area contributed by atoms with Gasteiger partial charge in [-0.1, -0.05) is 32.6 Å². The maximum Gasteiger partial charge on any atom is 0.246 e. The summed E-state index contributed by atoms with van der Waals surface area (Å²) in [5.74, 6) is 3.42. The Kier molecular flexibility index (Phi) is 6.44. The van der Waals surface area contributed by atoms with E-state index in [-0.39, 0.29) is 11.5 Å². The first-order chi connectivity index (χ1) is 12.5. The number of guanidine groups is 2. The number of nitrogens with zero attached hydrogens (tertiary/aromatic N) is 3. The van der Waals surface area contributed by atoms with E-state index in [0.717, 1.165) is 47.5 Å². The quantitative estimate of drug-likeness (QED) is 0.198. The van der Waals surface area contributed by atoms with Crippen LogP contribution in [0.2, 0.25) is 0 Å². The number of hydrogen-bond donors (Lipinski definition) is 3. The number of halogens is 2. The lowest BCUT2D eigenvalue weighted by Crippen LogP contribution is -2.54. The lowest BCUT2D eigenvalue weighted by Gasteiger charge is -2.59. The summed E-state index contributed by atoms with van der Waals surface area (Å²) in [5, 5.41) is 3.81. The fourth-order valence-corrected chi connectivity index (χ4v) is 6.31. The summed E-state index contributed by atoms with van der Waals surface area (Å²) < 4.78 is 1.02. The van der Waals surface area contributed by atoms with E-state index in [4.69, 9.17) is 40.0 Å². The van der Waals surface area contributed by atoms with Gasteiger partial charge in [0.2, 0.25) is 11.9 Å². The van der Waals surface area contributed by atoms with Crippen LogP contribution in [-0.2, 0) is 0 Å². The van der Waals surface area contributed by atoms with Gasteiger partial charge < -0.3 is 11.5 Å². The van der Waals surface area contributed by atoms with Gasteiger partial charge in [0.25, 0.3) is 0 Å². The van der Waals surface area contributed by atoms with Crippen LogP contribution in [0.5, 0.6) is 0 Å². The number of rotatable bonds is 7. The molecule has 2 unspecified atom stereocenters. The maximum absolute atomic E-state index is 6.12. The minimum Gasteiger partial charge on any atom is -0.369 e. The fraction of sp³-hybridized carbons (Fsp3) is 0.889. The molecule has 0 radical (unpaired) electrons. The van der Waals surface area contributed by atoms with Crippen molar-refractivity contribution >= 4 is 35.5 Å². The zero-order valence-corrected chi connectivity index (χ0v) is 17.1. The van der Waals surface area contributed by atoms with Crippen molar-refractivity contribution in [3.8, 4) is 0 Å². The molecule has 8 heteroatoms. The summed E-state index contributed by atoms with van der Waals surface area (Å²) in [4.78, 5) is 7.47. The van der Waals surface area contributed by atoms with Crippen molar-refractivity contribution < 1.29 is 0 Å². The van der Waals surface area contributed by atoms with Crippen molar-refractivity contribution in [3.05, 3.63) is 0 Å². The molecule has 26 heavy (non-hydrogen) atoms. The summed E-state index contributed by atoms with van der Waals surface area (Å²) in [6.07, 6.45) is 12.9. The molecule has 0 heterocycles. The highest BCUT2D eigenvalue weighted by Crippen LogP contribution is 2.60. The van der Waals surface area contributed by atoms with Crippen LogP contribution < -0.4 is 16.3 Å². The normalized spacial score (nSPS) is 35.4. The van der Waals surface area contributed by atoms with Gasteiger partial charge in [-0.3, -0.25) is 4.84 Å². The van der Waals surface area contributed by atoms with E-state index >= 15 is 0 Å². The van der Waals surface area contributed by atoms with E-state index in [1.165, 1.54) is 44.9 Å². The summed E-state index contributed by atoms with van der Waals surface area (Å²) >= 11 is 12.0. The molecule has 4 rings (SSSR count). The SMILES string of the molecule is CCCCCCC1C2CC3CC1CC(N=C(NCl)N(Cl)N=C(N)N)(C3)C2. The Morgan fingerprint density at radius 1 is 1.15 bits per heavy atom. The first-order valence-electron chi connectivity index (χ1n) is 9.98. The summed E-state index contributed by atoms with van der Waals surface area (Å²) in [5.41, 5.74) is 10.7. The average molecular weight is 403 g/mol. The molecule has 5 N–H and O–H groups in total. The largest absolute Gasteiger partial charge is 0.369 e. The molecule has 4 saturated carbocycles. The van der Waals surface area contributed by atoms with Gasteiger partial charge in [-0.15, -0.1) is 9.63 Å². The Labute approximate surface area is 167 Å². The van der Waals surface area contributed by atoms with E-state index in [1.54, 1.807) is 0 Å². The van der Waals surface area contributed by atoms with Gasteiger partial charge in [-0.25, -0.2) is 4.99 Å². The second kappa shape index (κ2) is 8.42. The van der Waals surface area contributed by atoms with E-state index in [2.05, 4.69) is 16.9 Å². The molecular formula is C18H32Cl2N6. The molecule has 0 amide bonds. The zero-order valence-electron chi connectivity index (χ0n) is 15.6. The molecular weight excluding hydrogens is 371 g/mol. The smallest absolute Gasteiger partial charge is 0.246 e. The lowest BCUT2D eigenvalue weighted by molar-refractivity contribution is -0.0541. The second-order valence-corrected chi connectivity index (χ2v) is 9.03. The monoisotopic (exact) mass is 402 g/mol. The molecule has 148 valence electrons. The van der Waals surface area contributed by atoms with Crippen LogP contribution in [-0.4, -0.2) is 22.0 Å².